The van der Waals surface area contributed by atoms with Gasteiger partial charge in [0.2, 0.25) is 17.8 Å². The van der Waals surface area contributed by atoms with Crippen LogP contribution in [0.3, 0.4) is 0 Å². The maximum atomic E-state index is 11.3. The van der Waals surface area contributed by atoms with Crippen molar-refractivity contribution in [2.75, 3.05) is 31.2 Å². The van der Waals surface area contributed by atoms with Crippen molar-refractivity contribution < 1.29 is 9.53 Å². The van der Waals surface area contributed by atoms with E-state index in [9.17, 15) is 4.79 Å². The van der Waals surface area contributed by atoms with E-state index in [4.69, 9.17) is 16.2 Å². The highest BCUT2D eigenvalue weighted by Gasteiger charge is 2.23. The Morgan fingerprint density at radius 1 is 1.23 bits per heavy atom. The molecule has 138 valence electrons. The van der Waals surface area contributed by atoms with Gasteiger partial charge in [-0.3, -0.25) is 9.69 Å². The predicted molar refractivity (Wildman–Crippen MR) is 97.7 cm³/mol. The van der Waals surface area contributed by atoms with Crippen molar-refractivity contribution in [2.45, 2.75) is 19.4 Å². The molecule has 1 saturated heterocycles. The predicted octanol–water partition coefficient (Wildman–Crippen LogP) is 0.903. The van der Waals surface area contributed by atoms with Crippen molar-refractivity contribution in [1.82, 2.24) is 19.9 Å². The van der Waals surface area contributed by atoms with Gasteiger partial charge in [-0.05, 0) is 50.2 Å². The third kappa shape index (κ3) is 4.57. The first kappa shape index (κ1) is 17.9. The number of carbonyl (C=O) groups excluding carboxylic acids is 1. The van der Waals surface area contributed by atoms with Crippen LogP contribution in [0.25, 0.3) is 0 Å². The van der Waals surface area contributed by atoms with Crippen LogP contribution in [0.4, 0.5) is 17.6 Å². The van der Waals surface area contributed by atoms with Gasteiger partial charge in [-0.25, -0.2) is 0 Å². The summed E-state index contributed by atoms with van der Waals surface area (Å²) in [7, 11) is 1.62. The quantitative estimate of drug-likeness (QED) is 0.695. The third-order valence-electron chi connectivity index (χ3n) is 4.40. The summed E-state index contributed by atoms with van der Waals surface area (Å²) in [5.74, 6) is 1.65. The molecule has 2 aromatic rings. The molecule has 1 aromatic carbocycles. The molecule has 0 unspecified atom stereocenters. The molecule has 3 rings (SSSR count). The van der Waals surface area contributed by atoms with E-state index in [1.807, 2.05) is 24.3 Å². The van der Waals surface area contributed by atoms with E-state index in [1.54, 1.807) is 7.11 Å². The fourth-order valence-electron chi connectivity index (χ4n) is 2.94. The van der Waals surface area contributed by atoms with Gasteiger partial charge in [0.1, 0.15) is 11.6 Å². The van der Waals surface area contributed by atoms with E-state index in [0.29, 0.717) is 18.3 Å². The number of likely N-dealkylation sites (tertiary alicyclic amines) is 1. The van der Waals surface area contributed by atoms with Crippen LogP contribution in [0.1, 0.15) is 18.7 Å². The molecular weight excluding hydrogens is 334 g/mol. The van der Waals surface area contributed by atoms with Gasteiger partial charge in [-0.1, -0.05) is 0 Å². The zero-order valence-electron chi connectivity index (χ0n) is 14.7. The molecule has 2 heterocycles. The second-order valence-electron chi connectivity index (χ2n) is 6.24. The molecule has 1 fully saturated rings. The number of ether oxygens (including phenoxy) is 1. The molecule has 9 nitrogen and oxygen atoms in total. The van der Waals surface area contributed by atoms with Crippen LogP contribution < -0.4 is 21.5 Å². The highest BCUT2D eigenvalue weighted by molar-refractivity contribution is 5.76. The Bertz CT molecular complexity index is 758. The lowest BCUT2D eigenvalue weighted by molar-refractivity contribution is -0.123. The first-order valence-corrected chi connectivity index (χ1v) is 8.46. The number of piperidine rings is 1. The van der Waals surface area contributed by atoms with Crippen LogP contribution in [0.2, 0.25) is 0 Å². The van der Waals surface area contributed by atoms with E-state index >= 15 is 0 Å². The highest BCUT2D eigenvalue weighted by atomic mass is 16.5. The van der Waals surface area contributed by atoms with Crippen molar-refractivity contribution in [1.29, 1.82) is 0 Å². The summed E-state index contributed by atoms with van der Waals surface area (Å²) in [5.41, 5.74) is 12.0. The van der Waals surface area contributed by atoms with E-state index in [2.05, 4.69) is 25.2 Å². The van der Waals surface area contributed by atoms with Crippen molar-refractivity contribution in [3.05, 3.63) is 30.1 Å². The van der Waals surface area contributed by atoms with Gasteiger partial charge in [-0.2, -0.15) is 15.0 Å². The number of carbonyl (C=O) groups is 1. The van der Waals surface area contributed by atoms with Crippen LogP contribution in [0.5, 0.6) is 5.75 Å². The summed E-state index contributed by atoms with van der Waals surface area (Å²) in [6.45, 7) is 2.11. The van der Waals surface area contributed by atoms with Gasteiger partial charge >= 0.3 is 0 Å². The molecule has 1 aliphatic rings. The molecule has 26 heavy (non-hydrogen) atoms. The smallest absolute Gasteiger partial charge is 0.232 e. The number of anilines is 3. The number of amides is 1. The first-order chi connectivity index (χ1) is 12.5. The van der Waals surface area contributed by atoms with E-state index < -0.39 is 0 Å². The second kappa shape index (κ2) is 7.96. The number of methoxy groups -OCH3 is 1. The molecule has 9 heteroatoms. The first-order valence-electron chi connectivity index (χ1n) is 8.46. The van der Waals surface area contributed by atoms with Crippen molar-refractivity contribution in [2.24, 2.45) is 11.7 Å². The SMILES string of the molecule is COc1ccc(Nc2nc(N)nc(CN3CCC(C(N)=O)CC3)n2)cc1. The number of hydrogen-bond acceptors (Lipinski definition) is 8. The molecule has 0 atom stereocenters. The molecule has 0 saturated carbocycles. The van der Waals surface area contributed by atoms with Gasteiger partial charge in [0, 0.05) is 11.6 Å². The van der Waals surface area contributed by atoms with E-state index in [1.165, 1.54) is 0 Å². The van der Waals surface area contributed by atoms with Crippen LogP contribution in [0, 0.1) is 5.92 Å². The number of nitrogens with one attached hydrogen (secondary N) is 1. The Labute approximate surface area is 151 Å². The fourth-order valence-corrected chi connectivity index (χ4v) is 2.94. The topological polar surface area (TPSA) is 132 Å². The number of aromatic nitrogens is 3. The summed E-state index contributed by atoms with van der Waals surface area (Å²) in [6.07, 6.45) is 1.51. The summed E-state index contributed by atoms with van der Waals surface area (Å²) < 4.78 is 5.14. The number of nitrogens with two attached hydrogens (primary N) is 2. The molecule has 5 N–H and O–H groups in total. The lowest BCUT2D eigenvalue weighted by Crippen LogP contribution is -2.38. The molecule has 1 aliphatic heterocycles. The Kier molecular flexibility index (Phi) is 5.47. The second-order valence-corrected chi connectivity index (χ2v) is 6.24. The normalized spacial score (nSPS) is 15.6. The van der Waals surface area contributed by atoms with Crippen molar-refractivity contribution in [3.8, 4) is 5.75 Å². The Hall–Kier alpha value is -2.94. The molecule has 0 radical (unpaired) electrons. The van der Waals surface area contributed by atoms with Crippen LogP contribution >= 0.6 is 0 Å². The third-order valence-corrected chi connectivity index (χ3v) is 4.40. The summed E-state index contributed by atoms with van der Waals surface area (Å²) in [6, 6.07) is 7.42. The number of nitrogens with zero attached hydrogens (tertiary/aromatic N) is 4. The summed E-state index contributed by atoms with van der Waals surface area (Å²) in [4.78, 5) is 26.2. The maximum Gasteiger partial charge on any atom is 0.232 e. The number of rotatable bonds is 6. The van der Waals surface area contributed by atoms with Crippen molar-refractivity contribution in [3.63, 3.8) is 0 Å². The minimum atomic E-state index is -0.222. The molecule has 0 aliphatic carbocycles. The van der Waals surface area contributed by atoms with Gasteiger partial charge in [0.25, 0.3) is 0 Å². The van der Waals surface area contributed by atoms with E-state index in [-0.39, 0.29) is 17.8 Å². The van der Waals surface area contributed by atoms with Crippen LogP contribution in [0.15, 0.2) is 24.3 Å². The maximum absolute atomic E-state index is 11.3. The molecule has 0 spiro atoms. The fraction of sp³-hybridized carbons (Fsp3) is 0.412. The van der Waals surface area contributed by atoms with Gasteiger partial charge in [0.15, 0.2) is 0 Å². The zero-order valence-corrected chi connectivity index (χ0v) is 14.7. The monoisotopic (exact) mass is 357 g/mol. The Balaban J connectivity index is 1.64. The molecule has 1 amide bonds. The largest absolute Gasteiger partial charge is 0.497 e. The average molecular weight is 357 g/mol. The standard InChI is InChI=1S/C17H23N7O2/c1-26-13-4-2-12(3-5-13)20-17-22-14(21-16(19)23-17)10-24-8-6-11(7-9-24)15(18)25/h2-5,11H,6-10H2,1H3,(H2,18,25)(H3,19,20,21,22,23). The summed E-state index contributed by atoms with van der Waals surface area (Å²) >= 11 is 0. The lowest BCUT2D eigenvalue weighted by atomic mass is 9.96. The molecular formula is C17H23N7O2. The van der Waals surface area contributed by atoms with Crippen molar-refractivity contribution >= 4 is 23.5 Å². The van der Waals surface area contributed by atoms with Gasteiger partial charge in [-0.15, -0.1) is 0 Å². The van der Waals surface area contributed by atoms with Gasteiger partial charge in [0.05, 0.1) is 13.7 Å². The zero-order chi connectivity index (χ0) is 18.5. The lowest BCUT2D eigenvalue weighted by Gasteiger charge is -2.29. The molecule has 1 aromatic heterocycles. The van der Waals surface area contributed by atoms with Gasteiger partial charge < -0.3 is 21.5 Å². The molecule has 0 bridgehead atoms. The average Bonchev–Trinajstić information content (AvgIpc) is 2.62. The number of hydrogen-bond donors (Lipinski definition) is 3. The highest BCUT2D eigenvalue weighted by Crippen LogP contribution is 2.20. The minimum Gasteiger partial charge on any atom is -0.497 e. The number of primary amides is 1. The van der Waals surface area contributed by atoms with E-state index in [0.717, 1.165) is 37.4 Å². The Morgan fingerprint density at radius 3 is 2.54 bits per heavy atom. The van der Waals surface area contributed by atoms with Crippen LogP contribution in [-0.4, -0.2) is 46.0 Å². The Morgan fingerprint density at radius 2 is 1.92 bits per heavy atom. The van der Waals surface area contributed by atoms with Crippen LogP contribution in [-0.2, 0) is 11.3 Å². The number of benzene rings is 1. The number of nitrogen functional groups attached to an aromatic ring is 1. The summed E-state index contributed by atoms with van der Waals surface area (Å²) in [5, 5.41) is 3.12. The minimum absolute atomic E-state index is 0.0398.